The van der Waals surface area contributed by atoms with Crippen molar-refractivity contribution in [2.75, 3.05) is 0 Å². The number of aliphatic hydroxyl groups excluding tert-OH is 1. The fraction of sp³-hybridized carbons (Fsp3) is 0.333. The molecule has 1 rings (SSSR count). The zero-order valence-electron chi connectivity index (χ0n) is 7.98. The molecule has 1 atom stereocenters. The van der Waals surface area contributed by atoms with Crippen molar-refractivity contribution in [1.29, 1.82) is 0 Å². The summed E-state index contributed by atoms with van der Waals surface area (Å²) < 4.78 is 0. The smallest absolute Gasteiger partial charge is 0.0614 e. The highest BCUT2D eigenvalue weighted by Crippen LogP contribution is 2.05. The number of aliphatic hydroxyl groups is 1. The first kappa shape index (κ1) is 10.0. The molecule has 0 spiro atoms. The number of hydrogen-bond acceptors (Lipinski definition) is 1. The molecule has 13 heavy (non-hydrogen) atoms. The lowest BCUT2D eigenvalue weighted by molar-refractivity contribution is 0.178. The highest BCUT2D eigenvalue weighted by Gasteiger charge is 2.01. The first-order valence-electron chi connectivity index (χ1n) is 4.66. The third-order valence-corrected chi connectivity index (χ3v) is 1.96. The molecule has 0 radical (unpaired) electrons. The SMILES string of the molecule is C/C=C/C[C@H](O)Cc1ccccc1. The third kappa shape index (κ3) is 3.90. The quantitative estimate of drug-likeness (QED) is 0.699. The van der Waals surface area contributed by atoms with E-state index in [2.05, 4.69) is 0 Å². The van der Waals surface area contributed by atoms with Crippen LogP contribution in [0.25, 0.3) is 0 Å². The van der Waals surface area contributed by atoms with Gasteiger partial charge in [0.2, 0.25) is 0 Å². The maximum absolute atomic E-state index is 9.58. The molecule has 0 saturated heterocycles. The van der Waals surface area contributed by atoms with Crippen LogP contribution in [-0.4, -0.2) is 11.2 Å². The number of rotatable bonds is 4. The largest absolute Gasteiger partial charge is 0.392 e. The van der Waals surface area contributed by atoms with Gasteiger partial charge in [0, 0.05) is 0 Å². The van der Waals surface area contributed by atoms with Crippen molar-refractivity contribution >= 4 is 0 Å². The van der Waals surface area contributed by atoms with Gasteiger partial charge in [-0.15, -0.1) is 0 Å². The molecule has 0 unspecified atom stereocenters. The standard InChI is InChI=1S/C12H16O/c1-2-3-9-12(13)10-11-7-5-4-6-8-11/h2-8,12-13H,9-10H2,1H3/b3-2+/t12-/m0/s1. The van der Waals surface area contributed by atoms with E-state index in [1.54, 1.807) is 0 Å². The fourth-order valence-electron chi connectivity index (χ4n) is 1.26. The van der Waals surface area contributed by atoms with Crippen LogP contribution in [0.2, 0.25) is 0 Å². The normalized spacial score (nSPS) is 13.4. The summed E-state index contributed by atoms with van der Waals surface area (Å²) in [5.74, 6) is 0. The molecular weight excluding hydrogens is 160 g/mol. The number of hydrogen-bond donors (Lipinski definition) is 1. The number of allylic oxidation sites excluding steroid dienone is 1. The van der Waals surface area contributed by atoms with Crippen LogP contribution in [0.4, 0.5) is 0 Å². The molecule has 0 saturated carbocycles. The van der Waals surface area contributed by atoms with Crippen molar-refractivity contribution in [3.63, 3.8) is 0 Å². The van der Waals surface area contributed by atoms with E-state index >= 15 is 0 Å². The molecule has 70 valence electrons. The molecule has 0 aliphatic rings. The van der Waals surface area contributed by atoms with Gasteiger partial charge in [0.1, 0.15) is 0 Å². The second kappa shape index (κ2) is 5.55. The Bertz CT molecular complexity index is 251. The van der Waals surface area contributed by atoms with E-state index in [4.69, 9.17) is 0 Å². The van der Waals surface area contributed by atoms with Crippen molar-refractivity contribution < 1.29 is 5.11 Å². The molecule has 1 nitrogen and oxygen atoms in total. The van der Waals surface area contributed by atoms with Crippen molar-refractivity contribution in [3.8, 4) is 0 Å². The lowest BCUT2D eigenvalue weighted by Gasteiger charge is -2.07. The Balaban J connectivity index is 2.40. The first-order valence-corrected chi connectivity index (χ1v) is 4.66. The lowest BCUT2D eigenvalue weighted by Crippen LogP contribution is -2.08. The van der Waals surface area contributed by atoms with Crippen LogP contribution in [0, 0.1) is 0 Å². The summed E-state index contributed by atoms with van der Waals surface area (Å²) in [6.07, 6.45) is 5.19. The van der Waals surface area contributed by atoms with E-state index < -0.39 is 0 Å². The Hall–Kier alpha value is -1.08. The minimum absolute atomic E-state index is 0.251. The summed E-state index contributed by atoms with van der Waals surface area (Å²) in [6.45, 7) is 1.97. The topological polar surface area (TPSA) is 20.2 Å². The maximum atomic E-state index is 9.58. The highest BCUT2D eigenvalue weighted by molar-refractivity contribution is 5.15. The van der Waals surface area contributed by atoms with Crippen molar-refractivity contribution in [2.24, 2.45) is 0 Å². The van der Waals surface area contributed by atoms with Gasteiger partial charge in [-0.3, -0.25) is 0 Å². The Kier molecular flexibility index (Phi) is 4.27. The Labute approximate surface area is 79.7 Å². The van der Waals surface area contributed by atoms with Crippen LogP contribution in [0.1, 0.15) is 18.9 Å². The molecule has 0 heterocycles. The van der Waals surface area contributed by atoms with E-state index in [1.807, 2.05) is 49.4 Å². The second-order valence-corrected chi connectivity index (χ2v) is 3.15. The monoisotopic (exact) mass is 176 g/mol. The van der Waals surface area contributed by atoms with Crippen molar-refractivity contribution in [2.45, 2.75) is 25.9 Å². The zero-order valence-corrected chi connectivity index (χ0v) is 7.98. The van der Waals surface area contributed by atoms with Crippen molar-refractivity contribution in [3.05, 3.63) is 48.0 Å². The van der Waals surface area contributed by atoms with Crippen LogP contribution < -0.4 is 0 Å². The van der Waals surface area contributed by atoms with Crippen molar-refractivity contribution in [1.82, 2.24) is 0 Å². The summed E-state index contributed by atoms with van der Waals surface area (Å²) in [5.41, 5.74) is 1.19. The lowest BCUT2D eigenvalue weighted by atomic mass is 10.1. The second-order valence-electron chi connectivity index (χ2n) is 3.15. The third-order valence-electron chi connectivity index (χ3n) is 1.96. The molecule has 0 fully saturated rings. The fourth-order valence-corrected chi connectivity index (χ4v) is 1.26. The molecule has 1 heteroatoms. The summed E-state index contributed by atoms with van der Waals surface area (Å²) in [6, 6.07) is 10.1. The molecule has 0 amide bonds. The molecule has 0 bridgehead atoms. The molecule has 0 aliphatic carbocycles. The van der Waals surface area contributed by atoms with Gasteiger partial charge in [0.05, 0.1) is 6.10 Å². The molecule has 1 aromatic rings. The van der Waals surface area contributed by atoms with Gasteiger partial charge in [-0.25, -0.2) is 0 Å². The summed E-state index contributed by atoms with van der Waals surface area (Å²) in [4.78, 5) is 0. The highest BCUT2D eigenvalue weighted by atomic mass is 16.3. The Morgan fingerprint density at radius 1 is 1.31 bits per heavy atom. The predicted molar refractivity (Wildman–Crippen MR) is 55.6 cm³/mol. The molecular formula is C12H16O. The van der Waals surface area contributed by atoms with Crippen LogP contribution in [0.3, 0.4) is 0 Å². The van der Waals surface area contributed by atoms with E-state index in [1.165, 1.54) is 5.56 Å². The van der Waals surface area contributed by atoms with Gasteiger partial charge in [-0.1, -0.05) is 42.5 Å². The molecule has 1 N–H and O–H groups in total. The van der Waals surface area contributed by atoms with E-state index in [9.17, 15) is 5.11 Å². The predicted octanol–water partition coefficient (Wildman–Crippen LogP) is 2.56. The van der Waals surface area contributed by atoms with Crippen LogP contribution in [0.15, 0.2) is 42.5 Å². The van der Waals surface area contributed by atoms with E-state index in [0.29, 0.717) is 0 Å². The number of benzene rings is 1. The van der Waals surface area contributed by atoms with Gasteiger partial charge in [-0.2, -0.15) is 0 Å². The minimum atomic E-state index is -0.251. The molecule has 0 aliphatic heterocycles. The summed E-state index contributed by atoms with van der Waals surface area (Å²) in [5, 5.41) is 9.58. The maximum Gasteiger partial charge on any atom is 0.0614 e. The molecule has 0 aromatic heterocycles. The summed E-state index contributed by atoms with van der Waals surface area (Å²) >= 11 is 0. The van der Waals surface area contributed by atoms with Gasteiger partial charge in [0.15, 0.2) is 0 Å². The average molecular weight is 176 g/mol. The van der Waals surface area contributed by atoms with Gasteiger partial charge < -0.3 is 5.11 Å². The minimum Gasteiger partial charge on any atom is -0.392 e. The molecule has 1 aromatic carbocycles. The average Bonchev–Trinajstić information content (AvgIpc) is 2.16. The van der Waals surface area contributed by atoms with Gasteiger partial charge in [0.25, 0.3) is 0 Å². The Morgan fingerprint density at radius 2 is 2.00 bits per heavy atom. The van der Waals surface area contributed by atoms with E-state index in [-0.39, 0.29) is 6.10 Å². The van der Waals surface area contributed by atoms with Crippen LogP contribution >= 0.6 is 0 Å². The van der Waals surface area contributed by atoms with Gasteiger partial charge >= 0.3 is 0 Å². The summed E-state index contributed by atoms with van der Waals surface area (Å²) in [7, 11) is 0. The zero-order chi connectivity index (χ0) is 9.52. The van der Waals surface area contributed by atoms with Crippen LogP contribution in [0.5, 0.6) is 0 Å². The first-order chi connectivity index (χ1) is 6.33. The van der Waals surface area contributed by atoms with Gasteiger partial charge in [-0.05, 0) is 25.3 Å². The van der Waals surface area contributed by atoms with Crippen LogP contribution in [-0.2, 0) is 6.42 Å². The van der Waals surface area contributed by atoms with E-state index in [0.717, 1.165) is 12.8 Å². The Morgan fingerprint density at radius 3 is 2.62 bits per heavy atom.